The van der Waals surface area contributed by atoms with Crippen molar-refractivity contribution >= 4 is 15.9 Å². The molecular formula is C15H20BrN3. The summed E-state index contributed by atoms with van der Waals surface area (Å²) in [5, 5.41) is 7.84. The van der Waals surface area contributed by atoms with E-state index < -0.39 is 0 Å². The van der Waals surface area contributed by atoms with Gasteiger partial charge in [0.2, 0.25) is 0 Å². The molecule has 1 N–H and O–H groups in total. The Balaban J connectivity index is 2.60. The summed E-state index contributed by atoms with van der Waals surface area (Å²) in [5.41, 5.74) is 7.35. The Labute approximate surface area is 123 Å². The zero-order chi connectivity index (χ0) is 14.2. The summed E-state index contributed by atoms with van der Waals surface area (Å²) >= 11 is 3.69. The van der Waals surface area contributed by atoms with E-state index >= 15 is 0 Å². The normalized spacial score (nSPS) is 11.1. The number of aryl methyl sites for hydroxylation is 2. The van der Waals surface area contributed by atoms with Crippen LogP contribution in [0.3, 0.4) is 0 Å². The molecule has 0 spiro atoms. The summed E-state index contributed by atoms with van der Waals surface area (Å²) in [6.07, 6.45) is 0. The van der Waals surface area contributed by atoms with Crippen LogP contribution in [0.15, 0.2) is 16.6 Å². The molecule has 2 aromatic rings. The molecule has 19 heavy (non-hydrogen) atoms. The van der Waals surface area contributed by atoms with Gasteiger partial charge in [-0.2, -0.15) is 5.10 Å². The van der Waals surface area contributed by atoms with Crippen molar-refractivity contribution in [1.29, 1.82) is 0 Å². The average Bonchev–Trinajstić information content (AvgIpc) is 2.65. The van der Waals surface area contributed by atoms with E-state index in [1.807, 2.05) is 18.8 Å². The van der Waals surface area contributed by atoms with Crippen LogP contribution in [-0.4, -0.2) is 16.8 Å². The second-order valence-corrected chi connectivity index (χ2v) is 5.74. The standard InChI is InChI=1S/C15H20BrN3/c1-9-6-7-12(11(3)10(9)2)15-14(16)13(8-17-4)19(5)18-15/h6-7,17H,8H2,1-5H3. The quantitative estimate of drug-likeness (QED) is 0.937. The summed E-state index contributed by atoms with van der Waals surface area (Å²) in [4.78, 5) is 0. The van der Waals surface area contributed by atoms with Gasteiger partial charge in [-0.1, -0.05) is 12.1 Å². The fraction of sp³-hybridized carbons (Fsp3) is 0.400. The van der Waals surface area contributed by atoms with Crippen LogP contribution in [-0.2, 0) is 13.6 Å². The second-order valence-electron chi connectivity index (χ2n) is 4.94. The molecule has 0 atom stereocenters. The first-order chi connectivity index (χ1) is 8.97. The lowest BCUT2D eigenvalue weighted by Crippen LogP contribution is -2.10. The van der Waals surface area contributed by atoms with Crippen LogP contribution in [0.4, 0.5) is 0 Å². The Hall–Kier alpha value is -1.13. The van der Waals surface area contributed by atoms with Gasteiger partial charge in [0.05, 0.1) is 10.2 Å². The fourth-order valence-electron chi connectivity index (χ4n) is 2.28. The minimum Gasteiger partial charge on any atom is -0.314 e. The molecule has 0 aliphatic rings. The van der Waals surface area contributed by atoms with Crippen LogP contribution in [0.1, 0.15) is 22.4 Å². The van der Waals surface area contributed by atoms with Crippen molar-refractivity contribution in [1.82, 2.24) is 15.1 Å². The van der Waals surface area contributed by atoms with Crippen molar-refractivity contribution in [2.75, 3.05) is 7.05 Å². The maximum atomic E-state index is 4.66. The van der Waals surface area contributed by atoms with Crippen molar-refractivity contribution in [2.45, 2.75) is 27.3 Å². The zero-order valence-electron chi connectivity index (χ0n) is 12.1. The van der Waals surface area contributed by atoms with Gasteiger partial charge < -0.3 is 5.32 Å². The first-order valence-corrected chi connectivity index (χ1v) is 7.19. The van der Waals surface area contributed by atoms with Crippen molar-refractivity contribution in [3.05, 3.63) is 39.0 Å². The van der Waals surface area contributed by atoms with Gasteiger partial charge in [-0.15, -0.1) is 0 Å². The Kier molecular flexibility index (Phi) is 4.11. The van der Waals surface area contributed by atoms with E-state index in [1.54, 1.807) is 0 Å². The van der Waals surface area contributed by atoms with Crippen molar-refractivity contribution in [2.24, 2.45) is 7.05 Å². The van der Waals surface area contributed by atoms with Gasteiger partial charge in [0.1, 0.15) is 5.69 Å². The van der Waals surface area contributed by atoms with E-state index in [9.17, 15) is 0 Å². The molecule has 3 nitrogen and oxygen atoms in total. The average molecular weight is 322 g/mol. The Morgan fingerprint density at radius 1 is 1.21 bits per heavy atom. The summed E-state index contributed by atoms with van der Waals surface area (Å²) in [5.74, 6) is 0. The van der Waals surface area contributed by atoms with Gasteiger partial charge in [0.15, 0.2) is 0 Å². The lowest BCUT2D eigenvalue weighted by atomic mass is 9.97. The first-order valence-electron chi connectivity index (χ1n) is 6.40. The third-order valence-corrected chi connectivity index (χ3v) is 4.59. The third-order valence-electron chi connectivity index (χ3n) is 3.76. The van der Waals surface area contributed by atoms with Gasteiger partial charge >= 0.3 is 0 Å². The van der Waals surface area contributed by atoms with Crippen molar-refractivity contribution in [3.63, 3.8) is 0 Å². The van der Waals surface area contributed by atoms with Crippen LogP contribution in [0, 0.1) is 20.8 Å². The van der Waals surface area contributed by atoms with E-state index in [1.165, 1.54) is 22.3 Å². The summed E-state index contributed by atoms with van der Waals surface area (Å²) < 4.78 is 3.01. The topological polar surface area (TPSA) is 29.9 Å². The third kappa shape index (κ3) is 2.47. The Morgan fingerprint density at radius 2 is 1.89 bits per heavy atom. The van der Waals surface area contributed by atoms with Crippen LogP contribution < -0.4 is 5.32 Å². The Morgan fingerprint density at radius 3 is 2.53 bits per heavy atom. The molecule has 0 saturated carbocycles. The number of nitrogens with zero attached hydrogens (tertiary/aromatic N) is 2. The number of benzene rings is 1. The molecule has 1 aromatic heterocycles. The highest BCUT2D eigenvalue weighted by Crippen LogP contribution is 2.33. The maximum Gasteiger partial charge on any atom is 0.107 e. The van der Waals surface area contributed by atoms with E-state index in [0.717, 1.165) is 22.4 Å². The molecule has 0 saturated heterocycles. The second kappa shape index (κ2) is 5.47. The molecule has 0 fully saturated rings. The number of rotatable bonds is 3. The predicted molar refractivity (Wildman–Crippen MR) is 83.3 cm³/mol. The molecule has 102 valence electrons. The molecule has 0 aliphatic heterocycles. The highest BCUT2D eigenvalue weighted by Gasteiger charge is 2.17. The van der Waals surface area contributed by atoms with Crippen LogP contribution in [0.2, 0.25) is 0 Å². The molecular weight excluding hydrogens is 302 g/mol. The summed E-state index contributed by atoms with van der Waals surface area (Å²) in [6, 6.07) is 4.32. The lowest BCUT2D eigenvalue weighted by molar-refractivity contribution is 0.671. The monoisotopic (exact) mass is 321 g/mol. The SMILES string of the molecule is CNCc1c(Br)c(-c2ccc(C)c(C)c2C)nn1C. The Bertz CT molecular complexity index is 614. The van der Waals surface area contributed by atoms with E-state index in [4.69, 9.17) is 0 Å². The predicted octanol–water partition coefficient (Wildman–Crippen LogP) is 3.49. The van der Waals surface area contributed by atoms with Crippen LogP contribution in [0.5, 0.6) is 0 Å². The number of nitrogens with one attached hydrogen (secondary N) is 1. The van der Waals surface area contributed by atoms with Gasteiger partial charge in [-0.25, -0.2) is 0 Å². The van der Waals surface area contributed by atoms with Gasteiger partial charge in [0, 0.05) is 19.2 Å². The van der Waals surface area contributed by atoms with E-state index in [-0.39, 0.29) is 0 Å². The van der Waals surface area contributed by atoms with E-state index in [0.29, 0.717) is 0 Å². The number of hydrogen-bond donors (Lipinski definition) is 1. The zero-order valence-corrected chi connectivity index (χ0v) is 13.7. The van der Waals surface area contributed by atoms with E-state index in [2.05, 4.69) is 59.2 Å². The molecule has 0 bridgehead atoms. The summed E-state index contributed by atoms with van der Waals surface area (Å²) in [6.45, 7) is 7.27. The molecule has 1 aromatic carbocycles. The first kappa shape index (κ1) is 14.3. The molecule has 0 amide bonds. The number of hydrogen-bond acceptors (Lipinski definition) is 2. The molecule has 0 radical (unpaired) electrons. The fourth-order valence-corrected chi connectivity index (χ4v) is 2.97. The molecule has 0 aliphatic carbocycles. The summed E-state index contributed by atoms with van der Waals surface area (Å²) in [7, 11) is 3.93. The van der Waals surface area contributed by atoms with Crippen LogP contribution in [0.25, 0.3) is 11.3 Å². The smallest absolute Gasteiger partial charge is 0.107 e. The maximum absolute atomic E-state index is 4.66. The van der Waals surface area contributed by atoms with Gasteiger partial charge in [0.25, 0.3) is 0 Å². The van der Waals surface area contributed by atoms with Crippen molar-refractivity contribution in [3.8, 4) is 11.3 Å². The highest BCUT2D eigenvalue weighted by molar-refractivity contribution is 9.10. The van der Waals surface area contributed by atoms with Gasteiger partial charge in [-0.05, 0) is 60.4 Å². The highest BCUT2D eigenvalue weighted by atomic mass is 79.9. The lowest BCUT2D eigenvalue weighted by Gasteiger charge is -2.09. The molecule has 4 heteroatoms. The van der Waals surface area contributed by atoms with Gasteiger partial charge in [-0.3, -0.25) is 4.68 Å². The molecule has 2 rings (SSSR count). The number of halogens is 1. The minimum atomic E-state index is 0.800. The molecule has 1 heterocycles. The minimum absolute atomic E-state index is 0.800. The number of aromatic nitrogens is 2. The van der Waals surface area contributed by atoms with Crippen LogP contribution >= 0.6 is 15.9 Å². The largest absolute Gasteiger partial charge is 0.314 e. The molecule has 0 unspecified atom stereocenters. The van der Waals surface area contributed by atoms with Crippen molar-refractivity contribution < 1.29 is 0 Å².